The zero-order valence-electron chi connectivity index (χ0n) is 9.62. The number of nitrogens with one attached hydrogen (secondary N) is 2. The number of carbonyl (C=O) groups excluding carboxylic acids is 1. The van der Waals surface area contributed by atoms with Crippen molar-refractivity contribution < 1.29 is 9.18 Å². The average Bonchev–Trinajstić information content (AvgIpc) is 2.68. The second-order valence-electron chi connectivity index (χ2n) is 3.77. The number of amides is 1. The van der Waals surface area contributed by atoms with E-state index < -0.39 is 11.4 Å². The lowest BCUT2D eigenvalue weighted by Gasteiger charge is -2.23. The molecule has 1 aliphatic rings. The van der Waals surface area contributed by atoms with Gasteiger partial charge in [0, 0.05) is 7.05 Å². The standard InChI is InChI=1S/C11H13FN4O/c1-3-11(8-5-4-7(12)6-14-8)9(17)15-10(13-2)16-11/h4-6H,3H2,1-2H3,(H2,13,15,16,17). The van der Waals surface area contributed by atoms with Crippen LogP contribution < -0.4 is 10.6 Å². The molecule has 17 heavy (non-hydrogen) atoms. The second-order valence-corrected chi connectivity index (χ2v) is 3.77. The number of carbonyl (C=O) groups is 1. The molecule has 6 heteroatoms. The zero-order chi connectivity index (χ0) is 12.5. The van der Waals surface area contributed by atoms with Gasteiger partial charge in [0.15, 0.2) is 11.5 Å². The Balaban J connectivity index is 2.45. The topological polar surface area (TPSA) is 66.4 Å². The van der Waals surface area contributed by atoms with E-state index >= 15 is 0 Å². The quantitative estimate of drug-likeness (QED) is 0.787. The number of aromatic nitrogens is 1. The first-order valence-electron chi connectivity index (χ1n) is 5.31. The van der Waals surface area contributed by atoms with Crippen LogP contribution in [-0.2, 0) is 10.3 Å². The van der Waals surface area contributed by atoms with Crippen LogP contribution in [0.15, 0.2) is 23.3 Å². The van der Waals surface area contributed by atoms with Crippen LogP contribution in [0.5, 0.6) is 0 Å². The van der Waals surface area contributed by atoms with Crippen LogP contribution in [0.1, 0.15) is 19.0 Å². The summed E-state index contributed by atoms with van der Waals surface area (Å²) in [6.45, 7) is 1.86. The van der Waals surface area contributed by atoms with Gasteiger partial charge in [-0.05, 0) is 18.6 Å². The van der Waals surface area contributed by atoms with Gasteiger partial charge in [-0.2, -0.15) is 0 Å². The van der Waals surface area contributed by atoms with Crippen LogP contribution in [0.3, 0.4) is 0 Å². The molecule has 0 spiro atoms. The molecule has 1 saturated heterocycles. The van der Waals surface area contributed by atoms with Crippen molar-refractivity contribution in [1.82, 2.24) is 15.6 Å². The average molecular weight is 236 g/mol. The minimum Gasteiger partial charge on any atom is -0.337 e. The fourth-order valence-electron chi connectivity index (χ4n) is 1.85. The van der Waals surface area contributed by atoms with Gasteiger partial charge in [0.1, 0.15) is 5.82 Å². The lowest BCUT2D eigenvalue weighted by molar-refractivity contribution is -0.124. The SMILES string of the molecule is CCC1(c2ccc(F)cn2)NC(=NC)NC1=O. The number of hydrogen-bond acceptors (Lipinski definition) is 3. The summed E-state index contributed by atoms with van der Waals surface area (Å²) in [6, 6.07) is 2.79. The molecule has 90 valence electrons. The summed E-state index contributed by atoms with van der Waals surface area (Å²) in [4.78, 5) is 19.9. The minimum atomic E-state index is -0.956. The molecule has 2 N–H and O–H groups in total. The summed E-state index contributed by atoms with van der Waals surface area (Å²) < 4.78 is 12.8. The van der Waals surface area contributed by atoms with E-state index in [-0.39, 0.29) is 5.91 Å². The Kier molecular flexibility index (Phi) is 2.79. The number of halogens is 1. The molecule has 1 unspecified atom stereocenters. The second kappa shape index (κ2) is 4.12. The van der Waals surface area contributed by atoms with Crippen LogP contribution in [0.2, 0.25) is 0 Å². The van der Waals surface area contributed by atoms with Crippen LogP contribution in [0.4, 0.5) is 4.39 Å². The number of nitrogens with zero attached hydrogens (tertiary/aromatic N) is 2. The molecule has 0 radical (unpaired) electrons. The number of pyridine rings is 1. The molecule has 1 aliphatic heterocycles. The van der Waals surface area contributed by atoms with Gasteiger partial charge >= 0.3 is 0 Å². The predicted molar refractivity (Wildman–Crippen MR) is 60.8 cm³/mol. The van der Waals surface area contributed by atoms with Gasteiger partial charge in [-0.15, -0.1) is 0 Å². The Bertz CT molecular complexity index is 471. The smallest absolute Gasteiger partial charge is 0.258 e. The van der Waals surface area contributed by atoms with E-state index in [1.807, 2.05) is 6.92 Å². The first-order valence-corrected chi connectivity index (χ1v) is 5.31. The molecule has 1 fully saturated rings. The van der Waals surface area contributed by atoms with Gasteiger partial charge in [-0.25, -0.2) is 4.39 Å². The van der Waals surface area contributed by atoms with E-state index in [2.05, 4.69) is 20.6 Å². The number of hydrogen-bond donors (Lipinski definition) is 2. The van der Waals surface area contributed by atoms with E-state index in [0.717, 1.165) is 6.20 Å². The van der Waals surface area contributed by atoms with Gasteiger partial charge < -0.3 is 5.32 Å². The van der Waals surface area contributed by atoms with Crippen LogP contribution in [-0.4, -0.2) is 23.9 Å². The first kappa shape index (κ1) is 11.5. The van der Waals surface area contributed by atoms with Crippen LogP contribution >= 0.6 is 0 Å². The molecular weight excluding hydrogens is 223 g/mol. The molecule has 1 amide bonds. The molecule has 1 aromatic rings. The lowest BCUT2D eigenvalue weighted by Crippen LogP contribution is -2.44. The van der Waals surface area contributed by atoms with Crippen LogP contribution in [0, 0.1) is 5.82 Å². The monoisotopic (exact) mass is 236 g/mol. The molecule has 2 heterocycles. The van der Waals surface area contributed by atoms with E-state index in [1.165, 1.54) is 12.1 Å². The van der Waals surface area contributed by atoms with Crippen molar-refractivity contribution in [2.45, 2.75) is 18.9 Å². The summed E-state index contributed by atoms with van der Waals surface area (Å²) in [5.41, 5.74) is -0.472. The van der Waals surface area contributed by atoms with E-state index in [9.17, 15) is 9.18 Å². The molecule has 0 bridgehead atoms. The minimum absolute atomic E-state index is 0.222. The Morgan fingerprint density at radius 2 is 2.29 bits per heavy atom. The summed E-state index contributed by atoms with van der Waals surface area (Å²) >= 11 is 0. The molecule has 5 nitrogen and oxygen atoms in total. The van der Waals surface area contributed by atoms with Crippen LogP contribution in [0.25, 0.3) is 0 Å². The maximum atomic E-state index is 12.8. The third-order valence-electron chi connectivity index (χ3n) is 2.87. The molecule has 1 aromatic heterocycles. The van der Waals surface area contributed by atoms with Gasteiger partial charge in [0.05, 0.1) is 11.9 Å². The summed E-state index contributed by atoms with van der Waals surface area (Å²) in [6.07, 6.45) is 1.60. The first-order chi connectivity index (χ1) is 8.12. The normalized spacial score (nSPS) is 25.8. The molecule has 2 rings (SSSR count). The molecule has 0 aromatic carbocycles. The fraction of sp³-hybridized carbons (Fsp3) is 0.364. The largest absolute Gasteiger partial charge is 0.337 e. The van der Waals surface area contributed by atoms with E-state index in [4.69, 9.17) is 0 Å². The zero-order valence-corrected chi connectivity index (χ0v) is 9.62. The highest BCUT2D eigenvalue weighted by Gasteiger charge is 2.46. The van der Waals surface area contributed by atoms with Crippen molar-refractivity contribution in [2.24, 2.45) is 4.99 Å². The third-order valence-corrected chi connectivity index (χ3v) is 2.87. The van der Waals surface area contributed by atoms with Gasteiger partial charge in [0.2, 0.25) is 0 Å². The van der Waals surface area contributed by atoms with Crippen molar-refractivity contribution >= 4 is 11.9 Å². The highest BCUT2D eigenvalue weighted by Crippen LogP contribution is 2.26. The predicted octanol–water partition coefficient (Wildman–Crippen LogP) is 0.531. The van der Waals surface area contributed by atoms with Crippen molar-refractivity contribution in [3.8, 4) is 0 Å². The number of rotatable bonds is 2. The summed E-state index contributed by atoms with van der Waals surface area (Å²) in [5.74, 6) is -0.245. The Labute approximate surface area is 98.2 Å². The number of aliphatic imine (C=N–C) groups is 1. The third kappa shape index (κ3) is 1.75. The maximum absolute atomic E-state index is 12.8. The molecule has 0 saturated carbocycles. The van der Waals surface area contributed by atoms with Gasteiger partial charge in [-0.3, -0.25) is 20.1 Å². The van der Waals surface area contributed by atoms with Gasteiger partial charge in [0.25, 0.3) is 5.91 Å². The molecular formula is C11H13FN4O. The lowest BCUT2D eigenvalue weighted by atomic mass is 9.92. The Morgan fingerprint density at radius 1 is 1.53 bits per heavy atom. The maximum Gasteiger partial charge on any atom is 0.258 e. The van der Waals surface area contributed by atoms with Gasteiger partial charge in [-0.1, -0.05) is 6.92 Å². The number of guanidine groups is 1. The highest BCUT2D eigenvalue weighted by molar-refractivity contribution is 6.09. The fourth-order valence-corrected chi connectivity index (χ4v) is 1.85. The summed E-state index contributed by atoms with van der Waals surface area (Å²) in [7, 11) is 1.58. The van der Waals surface area contributed by atoms with Crippen molar-refractivity contribution in [2.75, 3.05) is 7.05 Å². The molecule has 1 atom stereocenters. The Hall–Kier alpha value is -1.98. The van der Waals surface area contributed by atoms with Crippen molar-refractivity contribution in [1.29, 1.82) is 0 Å². The highest BCUT2D eigenvalue weighted by atomic mass is 19.1. The Morgan fingerprint density at radius 3 is 2.76 bits per heavy atom. The van der Waals surface area contributed by atoms with Crippen molar-refractivity contribution in [3.63, 3.8) is 0 Å². The van der Waals surface area contributed by atoms with E-state index in [0.29, 0.717) is 18.1 Å². The van der Waals surface area contributed by atoms with E-state index in [1.54, 1.807) is 7.05 Å². The summed E-state index contributed by atoms with van der Waals surface area (Å²) in [5, 5.41) is 5.62. The van der Waals surface area contributed by atoms with Crippen molar-refractivity contribution in [3.05, 3.63) is 29.8 Å². The molecule has 0 aliphatic carbocycles.